The van der Waals surface area contributed by atoms with E-state index in [9.17, 15) is 4.79 Å². The zero-order valence-corrected chi connectivity index (χ0v) is 12.8. The van der Waals surface area contributed by atoms with Gasteiger partial charge >= 0.3 is 0 Å². The van der Waals surface area contributed by atoms with Crippen molar-refractivity contribution in [1.29, 1.82) is 0 Å². The Balaban J connectivity index is 1.91. The first-order valence-electron chi connectivity index (χ1n) is 7.71. The maximum atomic E-state index is 12.4. The summed E-state index contributed by atoms with van der Waals surface area (Å²) in [5, 5.41) is 6.69. The molecule has 0 aromatic heterocycles. The standard InChI is InChI=1S/C17H26N2O/c1-4-18-14-7-9-15(10-8-14)19-17(20)16-11-12(2)5-6-13(16)3/h5-6,11,14-15,18H,4,7-10H2,1-3H3,(H,19,20). The van der Waals surface area contributed by atoms with E-state index >= 15 is 0 Å². The molecule has 0 unspecified atom stereocenters. The van der Waals surface area contributed by atoms with Crippen molar-refractivity contribution >= 4 is 5.91 Å². The van der Waals surface area contributed by atoms with Gasteiger partial charge in [-0.2, -0.15) is 0 Å². The molecule has 0 spiro atoms. The fourth-order valence-corrected chi connectivity index (χ4v) is 2.97. The highest BCUT2D eigenvalue weighted by atomic mass is 16.1. The van der Waals surface area contributed by atoms with Crippen LogP contribution in [0.15, 0.2) is 18.2 Å². The summed E-state index contributed by atoms with van der Waals surface area (Å²) in [6, 6.07) is 7.01. The summed E-state index contributed by atoms with van der Waals surface area (Å²) in [7, 11) is 0. The average Bonchev–Trinajstić information content (AvgIpc) is 2.44. The Kier molecular flexibility index (Phi) is 5.18. The molecule has 1 aromatic rings. The Morgan fingerprint density at radius 3 is 2.45 bits per heavy atom. The molecule has 0 atom stereocenters. The highest BCUT2D eigenvalue weighted by Gasteiger charge is 2.22. The minimum atomic E-state index is 0.0816. The molecule has 1 fully saturated rings. The van der Waals surface area contributed by atoms with Crippen LogP contribution in [0.4, 0.5) is 0 Å². The molecular weight excluding hydrogens is 248 g/mol. The maximum Gasteiger partial charge on any atom is 0.251 e. The van der Waals surface area contributed by atoms with Crippen LogP contribution in [0.1, 0.15) is 54.1 Å². The summed E-state index contributed by atoms with van der Waals surface area (Å²) in [6.45, 7) is 7.20. The summed E-state index contributed by atoms with van der Waals surface area (Å²) in [5.41, 5.74) is 3.00. The van der Waals surface area contributed by atoms with Crippen LogP contribution >= 0.6 is 0 Å². The van der Waals surface area contributed by atoms with Crippen LogP contribution in [0.5, 0.6) is 0 Å². The van der Waals surface area contributed by atoms with E-state index in [0.29, 0.717) is 12.1 Å². The van der Waals surface area contributed by atoms with Gasteiger partial charge in [-0.05, 0) is 57.7 Å². The van der Waals surface area contributed by atoms with Crippen LogP contribution in [-0.2, 0) is 0 Å². The Morgan fingerprint density at radius 2 is 1.80 bits per heavy atom. The van der Waals surface area contributed by atoms with Gasteiger partial charge in [0.1, 0.15) is 0 Å². The van der Waals surface area contributed by atoms with Crippen LogP contribution in [0.3, 0.4) is 0 Å². The molecule has 1 saturated carbocycles. The monoisotopic (exact) mass is 274 g/mol. The quantitative estimate of drug-likeness (QED) is 0.886. The van der Waals surface area contributed by atoms with Gasteiger partial charge in [-0.3, -0.25) is 4.79 Å². The van der Waals surface area contributed by atoms with Crippen molar-refractivity contribution in [3.8, 4) is 0 Å². The van der Waals surface area contributed by atoms with E-state index in [2.05, 4.69) is 17.6 Å². The molecule has 1 aromatic carbocycles. The minimum absolute atomic E-state index is 0.0816. The lowest BCUT2D eigenvalue weighted by Gasteiger charge is -2.29. The highest BCUT2D eigenvalue weighted by Crippen LogP contribution is 2.19. The summed E-state index contributed by atoms with van der Waals surface area (Å²) >= 11 is 0. The number of benzene rings is 1. The number of aryl methyl sites for hydroxylation is 2. The van der Waals surface area contributed by atoms with Crippen molar-refractivity contribution < 1.29 is 4.79 Å². The normalized spacial score (nSPS) is 22.6. The zero-order chi connectivity index (χ0) is 14.5. The Hall–Kier alpha value is -1.35. The minimum Gasteiger partial charge on any atom is -0.349 e. The number of hydrogen-bond donors (Lipinski definition) is 2. The fraction of sp³-hybridized carbons (Fsp3) is 0.588. The zero-order valence-electron chi connectivity index (χ0n) is 12.8. The summed E-state index contributed by atoms with van der Waals surface area (Å²) in [4.78, 5) is 12.4. The van der Waals surface area contributed by atoms with Gasteiger partial charge in [-0.15, -0.1) is 0 Å². The van der Waals surface area contributed by atoms with Gasteiger partial charge in [-0.1, -0.05) is 24.6 Å². The largest absolute Gasteiger partial charge is 0.349 e. The predicted octanol–water partition coefficient (Wildman–Crippen LogP) is 2.95. The van der Waals surface area contributed by atoms with Crippen LogP contribution in [0.25, 0.3) is 0 Å². The van der Waals surface area contributed by atoms with E-state index in [0.717, 1.165) is 48.9 Å². The lowest BCUT2D eigenvalue weighted by Crippen LogP contribution is -2.42. The lowest BCUT2D eigenvalue weighted by atomic mass is 9.91. The van der Waals surface area contributed by atoms with E-state index in [4.69, 9.17) is 0 Å². The number of hydrogen-bond acceptors (Lipinski definition) is 2. The summed E-state index contributed by atoms with van der Waals surface area (Å²) < 4.78 is 0. The van der Waals surface area contributed by atoms with Gasteiger partial charge in [-0.25, -0.2) is 0 Å². The predicted molar refractivity (Wildman–Crippen MR) is 83.1 cm³/mol. The second-order valence-corrected chi connectivity index (χ2v) is 5.90. The van der Waals surface area contributed by atoms with Crippen LogP contribution in [0, 0.1) is 13.8 Å². The Labute approximate surface area is 122 Å². The Morgan fingerprint density at radius 1 is 1.15 bits per heavy atom. The number of carbonyl (C=O) groups is 1. The van der Waals surface area contributed by atoms with Crippen molar-refractivity contribution in [1.82, 2.24) is 10.6 Å². The number of rotatable bonds is 4. The van der Waals surface area contributed by atoms with Crippen molar-refractivity contribution in [2.24, 2.45) is 0 Å². The molecule has 1 aliphatic carbocycles. The first-order chi connectivity index (χ1) is 9.60. The second kappa shape index (κ2) is 6.89. The molecule has 0 heterocycles. The first-order valence-corrected chi connectivity index (χ1v) is 7.71. The molecule has 110 valence electrons. The molecular formula is C17H26N2O. The third kappa shape index (κ3) is 3.83. The molecule has 1 aliphatic rings. The van der Waals surface area contributed by atoms with Gasteiger partial charge in [0.15, 0.2) is 0 Å². The number of nitrogens with one attached hydrogen (secondary N) is 2. The molecule has 1 amide bonds. The van der Waals surface area contributed by atoms with E-state index in [1.54, 1.807) is 0 Å². The summed E-state index contributed by atoms with van der Waals surface area (Å²) in [5.74, 6) is 0.0816. The van der Waals surface area contributed by atoms with Crippen LogP contribution < -0.4 is 10.6 Å². The molecule has 0 bridgehead atoms. The van der Waals surface area contributed by atoms with Gasteiger partial charge in [0.05, 0.1) is 0 Å². The third-order valence-corrected chi connectivity index (χ3v) is 4.19. The van der Waals surface area contributed by atoms with Gasteiger partial charge in [0.25, 0.3) is 5.91 Å². The SMILES string of the molecule is CCNC1CCC(NC(=O)c2cc(C)ccc2C)CC1. The topological polar surface area (TPSA) is 41.1 Å². The fourth-order valence-electron chi connectivity index (χ4n) is 2.97. The molecule has 3 heteroatoms. The van der Waals surface area contributed by atoms with Crippen molar-refractivity contribution in [2.75, 3.05) is 6.54 Å². The van der Waals surface area contributed by atoms with E-state index < -0.39 is 0 Å². The average molecular weight is 274 g/mol. The molecule has 0 saturated heterocycles. The first kappa shape index (κ1) is 15.0. The third-order valence-electron chi connectivity index (χ3n) is 4.19. The van der Waals surface area contributed by atoms with Gasteiger partial charge in [0.2, 0.25) is 0 Å². The van der Waals surface area contributed by atoms with E-state index in [1.165, 1.54) is 0 Å². The van der Waals surface area contributed by atoms with Gasteiger partial charge < -0.3 is 10.6 Å². The molecule has 2 N–H and O–H groups in total. The smallest absolute Gasteiger partial charge is 0.251 e. The van der Waals surface area contributed by atoms with Crippen molar-refractivity contribution in [2.45, 2.75) is 58.5 Å². The van der Waals surface area contributed by atoms with Crippen LogP contribution in [0.2, 0.25) is 0 Å². The lowest BCUT2D eigenvalue weighted by molar-refractivity contribution is 0.0923. The Bertz CT molecular complexity index is 462. The maximum absolute atomic E-state index is 12.4. The summed E-state index contributed by atoms with van der Waals surface area (Å²) in [6.07, 6.45) is 4.47. The molecule has 2 rings (SSSR count). The molecule has 0 radical (unpaired) electrons. The van der Waals surface area contributed by atoms with Crippen molar-refractivity contribution in [3.63, 3.8) is 0 Å². The second-order valence-electron chi connectivity index (χ2n) is 5.90. The molecule has 3 nitrogen and oxygen atoms in total. The van der Waals surface area contributed by atoms with E-state index in [-0.39, 0.29) is 5.91 Å². The van der Waals surface area contributed by atoms with Gasteiger partial charge in [0, 0.05) is 17.6 Å². The van der Waals surface area contributed by atoms with E-state index in [1.807, 2.05) is 32.0 Å². The molecule has 0 aliphatic heterocycles. The highest BCUT2D eigenvalue weighted by molar-refractivity contribution is 5.96. The molecule has 20 heavy (non-hydrogen) atoms. The number of carbonyl (C=O) groups excluding carboxylic acids is 1. The number of amides is 1. The van der Waals surface area contributed by atoms with Crippen molar-refractivity contribution in [3.05, 3.63) is 34.9 Å². The van der Waals surface area contributed by atoms with Crippen LogP contribution in [-0.4, -0.2) is 24.5 Å².